The van der Waals surface area contributed by atoms with E-state index < -0.39 is 5.54 Å². The van der Waals surface area contributed by atoms with Gasteiger partial charge in [-0.15, -0.1) is 11.3 Å². The number of benzene rings is 2. The number of thiazole rings is 1. The van der Waals surface area contributed by atoms with Gasteiger partial charge in [-0.1, -0.05) is 42.5 Å². The van der Waals surface area contributed by atoms with Gasteiger partial charge in [-0.2, -0.15) is 0 Å². The summed E-state index contributed by atoms with van der Waals surface area (Å²) in [6.07, 6.45) is 1.97. The molecule has 2 aliphatic heterocycles. The molecule has 3 aromatic rings. The normalized spacial score (nSPS) is 23.3. The Morgan fingerprint density at radius 1 is 1.07 bits per heavy atom. The van der Waals surface area contributed by atoms with Crippen molar-refractivity contribution < 1.29 is 9.59 Å². The predicted molar refractivity (Wildman–Crippen MR) is 117 cm³/mol. The van der Waals surface area contributed by atoms with Crippen LogP contribution in [0.4, 0.5) is 4.79 Å². The van der Waals surface area contributed by atoms with Gasteiger partial charge in [0.25, 0.3) is 5.91 Å². The van der Waals surface area contributed by atoms with Gasteiger partial charge in [0.1, 0.15) is 5.54 Å². The van der Waals surface area contributed by atoms with Crippen LogP contribution in [0.5, 0.6) is 0 Å². The first-order valence-electron chi connectivity index (χ1n) is 10.3. The first-order valence-corrected chi connectivity index (χ1v) is 11.1. The van der Waals surface area contributed by atoms with Crippen molar-refractivity contribution in [3.05, 3.63) is 65.2 Å². The molecule has 0 bridgehead atoms. The molecule has 0 saturated carbocycles. The molecule has 0 aliphatic carbocycles. The zero-order valence-electron chi connectivity index (χ0n) is 16.9. The number of likely N-dealkylation sites (tertiary alicyclic amines) is 1. The summed E-state index contributed by atoms with van der Waals surface area (Å²) in [5.41, 5.74) is 0.873. The number of amides is 3. The highest BCUT2D eigenvalue weighted by Crippen LogP contribution is 2.34. The SMILES string of the molecule is CC1(c2ccccc2)NC(=O)N(CN2CCC(c3nc4ccccc4s3)CC2)C1=O. The van der Waals surface area contributed by atoms with Gasteiger partial charge in [0.05, 0.1) is 21.9 Å². The highest BCUT2D eigenvalue weighted by atomic mass is 32.1. The maximum absolute atomic E-state index is 13.1. The Kier molecular flexibility index (Phi) is 4.79. The molecule has 2 aliphatic rings. The summed E-state index contributed by atoms with van der Waals surface area (Å²) in [5, 5.41) is 4.08. The van der Waals surface area contributed by atoms with Crippen molar-refractivity contribution in [2.45, 2.75) is 31.2 Å². The van der Waals surface area contributed by atoms with E-state index in [2.05, 4.69) is 22.3 Å². The monoisotopic (exact) mass is 420 g/mol. The van der Waals surface area contributed by atoms with E-state index >= 15 is 0 Å². The summed E-state index contributed by atoms with van der Waals surface area (Å²) < 4.78 is 1.23. The van der Waals surface area contributed by atoms with E-state index in [-0.39, 0.29) is 11.9 Å². The van der Waals surface area contributed by atoms with E-state index in [4.69, 9.17) is 4.98 Å². The van der Waals surface area contributed by atoms with E-state index in [9.17, 15) is 9.59 Å². The molecule has 2 aromatic carbocycles. The van der Waals surface area contributed by atoms with Crippen LogP contribution in [0.3, 0.4) is 0 Å². The molecule has 6 nitrogen and oxygen atoms in total. The standard InChI is InChI=1S/C23H24N4O2S/c1-23(17-7-3-2-4-8-17)21(28)27(22(29)25-23)15-26-13-11-16(12-14-26)20-24-18-9-5-6-10-19(18)30-20/h2-10,16H,11-15H2,1H3,(H,25,29). The zero-order chi connectivity index (χ0) is 20.7. The predicted octanol–water partition coefficient (Wildman–Crippen LogP) is 3.90. The van der Waals surface area contributed by atoms with Crippen LogP contribution < -0.4 is 5.32 Å². The quantitative estimate of drug-likeness (QED) is 0.650. The lowest BCUT2D eigenvalue weighted by atomic mass is 9.92. The van der Waals surface area contributed by atoms with Gasteiger partial charge in [0.15, 0.2) is 0 Å². The minimum Gasteiger partial charge on any atom is -0.319 e. The molecule has 0 spiro atoms. The van der Waals surface area contributed by atoms with Crippen LogP contribution in [0.15, 0.2) is 54.6 Å². The van der Waals surface area contributed by atoms with E-state index in [1.54, 1.807) is 18.3 Å². The molecule has 5 rings (SSSR count). The average Bonchev–Trinajstić information content (AvgIpc) is 3.30. The molecular formula is C23H24N4O2S. The fraction of sp³-hybridized carbons (Fsp3) is 0.348. The first kappa shape index (κ1) is 19.2. The molecule has 3 amide bonds. The summed E-state index contributed by atoms with van der Waals surface area (Å²) in [7, 11) is 0. The first-order chi connectivity index (χ1) is 14.5. The number of para-hydroxylation sites is 1. The number of carbonyl (C=O) groups is 2. The van der Waals surface area contributed by atoms with Crippen molar-refractivity contribution in [1.29, 1.82) is 0 Å². The van der Waals surface area contributed by atoms with Crippen molar-refractivity contribution >= 4 is 33.5 Å². The molecule has 30 heavy (non-hydrogen) atoms. The number of rotatable bonds is 4. The van der Waals surface area contributed by atoms with Gasteiger partial charge in [-0.3, -0.25) is 9.69 Å². The molecule has 2 saturated heterocycles. The average molecular weight is 421 g/mol. The summed E-state index contributed by atoms with van der Waals surface area (Å²) in [6, 6.07) is 17.4. The maximum Gasteiger partial charge on any atom is 0.326 e. The second-order valence-corrected chi connectivity index (χ2v) is 9.27. The Bertz CT molecular complexity index is 1060. The number of hydrogen-bond donors (Lipinski definition) is 1. The highest BCUT2D eigenvalue weighted by Gasteiger charge is 2.49. The van der Waals surface area contributed by atoms with Gasteiger partial charge >= 0.3 is 6.03 Å². The Morgan fingerprint density at radius 2 is 1.77 bits per heavy atom. The Hall–Kier alpha value is -2.77. The van der Waals surface area contributed by atoms with Gasteiger partial charge in [0, 0.05) is 19.0 Å². The number of urea groups is 1. The van der Waals surface area contributed by atoms with Gasteiger partial charge < -0.3 is 5.32 Å². The molecule has 2 fully saturated rings. The van der Waals surface area contributed by atoms with Crippen LogP contribution >= 0.6 is 11.3 Å². The van der Waals surface area contributed by atoms with E-state index in [1.807, 2.05) is 42.5 Å². The third kappa shape index (κ3) is 3.28. The number of nitrogens with one attached hydrogen (secondary N) is 1. The summed E-state index contributed by atoms with van der Waals surface area (Å²) in [4.78, 5) is 34.1. The molecule has 1 aromatic heterocycles. The molecule has 154 valence electrons. The molecule has 1 N–H and O–H groups in total. The van der Waals surface area contributed by atoms with E-state index in [0.29, 0.717) is 12.6 Å². The fourth-order valence-electron chi connectivity index (χ4n) is 4.38. The van der Waals surface area contributed by atoms with Crippen molar-refractivity contribution in [3.8, 4) is 0 Å². The van der Waals surface area contributed by atoms with Crippen molar-refractivity contribution in [3.63, 3.8) is 0 Å². The van der Waals surface area contributed by atoms with Gasteiger partial charge in [-0.05, 0) is 37.5 Å². The molecule has 1 atom stereocenters. The number of nitrogens with zero attached hydrogens (tertiary/aromatic N) is 3. The summed E-state index contributed by atoms with van der Waals surface area (Å²) in [5.74, 6) is 0.253. The largest absolute Gasteiger partial charge is 0.326 e. The number of aromatic nitrogens is 1. The Labute approximate surface area is 179 Å². The number of hydrogen-bond acceptors (Lipinski definition) is 5. The van der Waals surface area contributed by atoms with Crippen LogP contribution in [0.1, 0.15) is 36.3 Å². The third-order valence-corrected chi connectivity index (χ3v) is 7.41. The van der Waals surface area contributed by atoms with Crippen LogP contribution in [-0.2, 0) is 10.3 Å². The lowest BCUT2D eigenvalue weighted by Crippen LogP contribution is -2.46. The van der Waals surface area contributed by atoms with Gasteiger partial charge in [0.2, 0.25) is 0 Å². The smallest absolute Gasteiger partial charge is 0.319 e. The number of fused-ring (bicyclic) bond motifs is 1. The fourth-order valence-corrected chi connectivity index (χ4v) is 5.52. The molecule has 3 heterocycles. The van der Waals surface area contributed by atoms with E-state index in [1.165, 1.54) is 14.6 Å². The molecule has 1 unspecified atom stereocenters. The van der Waals surface area contributed by atoms with Crippen molar-refractivity contribution in [2.24, 2.45) is 0 Å². The number of piperidine rings is 1. The van der Waals surface area contributed by atoms with Crippen LogP contribution in [-0.4, -0.2) is 46.5 Å². The molecular weight excluding hydrogens is 396 g/mol. The second-order valence-electron chi connectivity index (χ2n) is 8.21. The zero-order valence-corrected chi connectivity index (χ0v) is 17.7. The van der Waals surface area contributed by atoms with Crippen molar-refractivity contribution in [2.75, 3.05) is 19.8 Å². The summed E-state index contributed by atoms with van der Waals surface area (Å²) in [6.45, 7) is 3.81. The van der Waals surface area contributed by atoms with Crippen LogP contribution in [0, 0.1) is 0 Å². The van der Waals surface area contributed by atoms with E-state index in [0.717, 1.165) is 37.0 Å². The summed E-state index contributed by atoms with van der Waals surface area (Å²) >= 11 is 1.78. The topological polar surface area (TPSA) is 65.5 Å². The lowest BCUT2D eigenvalue weighted by molar-refractivity contribution is -0.132. The molecule has 0 radical (unpaired) electrons. The van der Waals surface area contributed by atoms with Crippen LogP contribution in [0.2, 0.25) is 0 Å². The highest BCUT2D eigenvalue weighted by molar-refractivity contribution is 7.18. The molecule has 7 heteroatoms. The Balaban J connectivity index is 1.24. The third-order valence-electron chi connectivity index (χ3n) is 6.21. The minimum atomic E-state index is -1.00. The van der Waals surface area contributed by atoms with Gasteiger partial charge in [-0.25, -0.2) is 14.7 Å². The maximum atomic E-state index is 13.1. The minimum absolute atomic E-state index is 0.188. The number of carbonyl (C=O) groups excluding carboxylic acids is 2. The van der Waals surface area contributed by atoms with Crippen LogP contribution in [0.25, 0.3) is 10.2 Å². The van der Waals surface area contributed by atoms with Crippen molar-refractivity contribution in [1.82, 2.24) is 20.1 Å². The lowest BCUT2D eigenvalue weighted by Gasteiger charge is -2.33. The Morgan fingerprint density at radius 3 is 2.50 bits per heavy atom. The number of imide groups is 1. The second kappa shape index (κ2) is 7.49.